The number of non-ortho nitro benzene ring substituents is 2. The Hall–Kier alpha value is -4.41. The second-order valence-electron chi connectivity index (χ2n) is 8.95. The fraction of sp³-hybridized carbons (Fsp3) is 0.107. The molecule has 0 amide bonds. The van der Waals surface area contributed by atoms with E-state index >= 15 is 0 Å². The standard InChI is InChI=1S/C28H19BrN4O5/c29-20-11-5-17(6-12-20)25-28-31(24-4-2-1-3-23(24)30-25)26(18-7-13-21(14-8-18)32(34)35)27(38-28)19-9-15-22(16-10-19)33(36)37/h1-16,26-28H/t26-,27+,28-/m1/s1. The van der Waals surface area contributed by atoms with Crippen molar-refractivity contribution in [2.75, 3.05) is 4.90 Å². The lowest BCUT2D eigenvalue weighted by atomic mass is 9.93. The Bertz CT molecular complexity index is 1570. The van der Waals surface area contributed by atoms with E-state index in [0.29, 0.717) is 0 Å². The van der Waals surface area contributed by atoms with Crippen molar-refractivity contribution in [3.8, 4) is 0 Å². The number of hydrogen-bond donors (Lipinski definition) is 0. The summed E-state index contributed by atoms with van der Waals surface area (Å²) in [7, 11) is 0. The topological polar surface area (TPSA) is 111 Å². The molecule has 0 N–H and O–H groups in total. The van der Waals surface area contributed by atoms with Crippen molar-refractivity contribution in [2.24, 2.45) is 4.99 Å². The molecule has 188 valence electrons. The third kappa shape index (κ3) is 4.13. The van der Waals surface area contributed by atoms with Crippen molar-refractivity contribution >= 4 is 44.4 Å². The number of para-hydroxylation sites is 2. The minimum Gasteiger partial charge on any atom is -0.342 e. The zero-order chi connectivity index (χ0) is 26.4. The highest BCUT2D eigenvalue weighted by molar-refractivity contribution is 9.10. The van der Waals surface area contributed by atoms with E-state index in [2.05, 4.69) is 20.8 Å². The van der Waals surface area contributed by atoms with Crippen LogP contribution in [0.4, 0.5) is 22.7 Å². The lowest BCUT2D eigenvalue weighted by molar-refractivity contribution is -0.385. The molecule has 0 bridgehead atoms. The van der Waals surface area contributed by atoms with E-state index in [1.54, 1.807) is 24.3 Å². The summed E-state index contributed by atoms with van der Waals surface area (Å²) < 4.78 is 7.67. The first-order valence-electron chi connectivity index (χ1n) is 11.8. The number of benzene rings is 4. The third-order valence-corrected chi connectivity index (χ3v) is 7.30. The van der Waals surface area contributed by atoms with Crippen molar-refractivity contribution < 1.29 is 14.6 Å². The van der Waals surface area contributed by atoms with Crippen LogP contribution in [0.5, 0.6) is 0 Å². The van der Waals surface area contributed by atoms with E-state index in [9.17, 15) is 20.2 Å². The zero-order valence-corrected chi connectivity index (χ0v) is 21.3. The van der Waals surface area contributed by atoms with Gasteiger partial charge in [-0.05, 0) is 47.5 Å². The highest BCUT2D eigenvalue weighted by Gasteiger charge is 2.48. The summed E-state index contributed by atoms with van der Waals surface area (Å²) in [5.74, 6) is 0. The molecule has 9 nitrogen and oxygen atoms in total. The third-order valence-electron chi connectivity index (χ3n) is 6.77. The van der Waals surface area contributed by atoms with E-state index in [4.69, 9.17) is 9.73 Å². The molecule has 0 radical (unpaired) electrons. The molecular weight excluding hydrogens is 552 g/mol. The predicted molar refractivity (Wildman–Crippen MR) is 146 cm³/mol. The van der Waals surface area contributed by atoms with Gasteiger partial charge in [-0.25, -0.2) is 4.99 Å². The molecule has 6 rings (SSSR count). The average molecular weight is 571 g/mol. The molecule has 0 spiro atoms. The van der Waals surface area contributed by atoms with Crippen molar-refractivity contribution in [3.63, 3.8) is 0 Å². The summed E-state index contributed by atoms with van der Waals surface area (Å²) in [5, 5.41) is 22.6. The molecule has 4 aromatic rings. The molecule has 0 aliphatic carbocycles. The lowest BCUT2D eigenvalue weighted by Crippen LogP contribution is -2.41. The van der Waals surface area contributed by atoms with Crippen LogP contribution in [0.25, 0.3) is 0 Å². The van der Waals surface area contributed by atoms with Crippen LogP contribution in [0.15, 0.2) is 107 Å². The zero-order valence-electron chi connectivity index (χ0n) is 19.7. The molecule has 1 saturated heterocycles. The summed E-state index contributed by atoms with van der Waals surface area (Å²) in [5.41, 5.74) is 4.81. The minimum absolute atomic E-state index is 0.00717. The number of anilines is 1. The van der Waals surface area contributed by atoms with Crippen LogP contribution in [0.2, 0.25) is 0 Å². The Morgan fingerprint density at radius 2 is 1.34 bits per heavy atom. The Morgan fingerprint density at radius 1 is 0.763 bits per heavy atom. The van der Waals surface area contributed by atoms with Gasteiger partial charge in [0, 0.05) is 34.3 Å². The summed E-state index contributed by atoms with van der Waals surface area (Å²) in [6.07, 6.45) is -1.10. The van der Waals surface area contributed by atoms with Gasteiger partial charge in [-0.1, -0.05) is 52.3 Å². The molecule has 4 aromatic carbocycles. The molecule has 1 fully saturated rings. The van der Waals surface area contributed by atoms with Gasteiger partial charge in [0.05, 0.1) is 33.0 Å². The smallest absolute Gasteiger partial charge is 0.269 e. The molecule has 2 aliphatic rings. The van der Waals surface area contributed by atoms with E-state index in [1.807, 2.05) is 48.5 Å². The highest BCUT2D eigenvalue weighted by Crippen LogP contribution is 2.52. The van der Waals surface area contributed by atoms with Crippen molar-refractivity contribution in [3.05, 3.63) is 138 Å². The molecule has 0 saturated carbocycles. The maximum absolute atomic E-state index is 11.3. The van der Waals surface area contributed by atoms with Crippen LogP contribution in [0.1, 0.15) is 28.8 Å². The fourth-order valence-electron chi connectivity index (χ4n) is 5.01. The van der Waals surface area contributed by atoms with Gasteiger partial charge in [0.2, 0.25) is 0 Å². The normalized spacial score (nSPS) is 19.9. The second kappa shape index (κ2) is 9.47. The first-order valence-corrected chi connectivity index (χ1v) is 12.6. The van der Waals surface area contributed by atoms with Crippen molar-refractivity contribution in [2.45, 2.75) is 18.4 Å². The molecule has 2 heterocycles. The maximum atomic E-state index is 11.3. The first-order chi connectivity index (χ1) is 18.4. The van der Waals surface area contributed by atoms with Gasteiger partial charge >= 0.3 is 0 Å². The summed E-state index contributed by atoms with van der Waals surface area (Å²) in [6.45, 7) is 0. The van der Waals surface area contributed by atoms with Crippen LogP contribution in [0.3, 0.4) is 0 Å². The molecule has 10 heteroatoms. The molecular formula is C28H19BrN4O5. The number of nitro groups is 2. The maximum Gasteiger partial charge on any atom is 0.269 e. The van der Waals surface area contributed by atoms with Gasteiger partial charge in [0.15, 0.2) is 6.23 Å². The minimum atomic E-state index is -0.563. The van der Waals surface area contributed by atoms with Gasteiger partial charge < -0.3 is 9.64 Å². The number of halogens is 1. The average Bonchev–Trinajstić information content (AvgIpc) is 3.34. The van der Waals surface area contributed by atoms with Crippen LogP contribution in [-0.4, -0.2) is 21.8 Å². The predicted octanol–water partition coefficient (Wildman–Crippen LogP) is 7.05. The Balaban J connectivity index is 1.52. The Morgan fingerprint density at radius 3 is 1.95 bits per heavy atom. The number of hydrogen-bond acceptors (Lipinski definition) is 7. The summed E-state index contributed by atoms with van der Waals surface area (Å²) in [4.78, 5) is 28.8. The lowest BCUT2D eigenvalue weighted by Gasteiger charge is -2.35. The van der Waals surface area contributed by atoms with E-state index in [-0.39, 0.29) is 17.4 Å². The molecule has 38 heavy (non-hydrogen) atoms. The van der Waals surface area contributed by atoms with Crippen LogP contribution in [-0.2, 0) is 4.74 Å². The van der Waals surface area contributed by atoms with Gasteiger partial charge in [-0.15, -0.1) is 0 Å². The SMILES string of the molecule is O=[N+]([O-])c1ccc([C@@H]2[C@H](c3ccc([N+](=O)[O-])cc3)O[C@@H]3C(c4ccc(Br)cc4)=Nc4ccccc4N32)cc1. The highest BCUT2D eigenvalue weighted by atomic mass is 79.9. The van der Waals surface area contributed by atoms with Crippen molar-refractivity contribution in [1.29, 1.82) is 0 Å². The van der Waals surface area contributed by atoms with Crippen molar-refractivity contribution in [1.82, 2.24) is 0 Å². The number of ether oxygens (including phenoxy) is 1. The van der Waals surface area contributed by atoms with E-state index < -0.39 is 22.2 Å². The van der Waals surface area contributed by atoms with Gasteiger partial charge in [-0.3, -0.25) is 20.2 Å². The molecule has 0 unspecified atom stereocenters. The van der Waals surface area contributed by atoms with E-state index in [0.717, 1.165) is 38.2 Å². The second-order valence-corrected chi connectivity index (χ2v) is 9.87. The number of rotatable bonds is 5. The molecule has 0 aromatic heterocycles. The quantitative estimate of drug-likeness (QED) is 0.188. The first kappa shape index (κ1) is 24.0. The number of nitro benzene ring substituents is 2. The van der Waals surface area contributed by atoms with Gasteiger partial charge in [-0.2, -0.15) is 0 Å². The van der Waals surface area contributed by atoms with Crippen LogP contribution in [0, 0.1) is 20.2 Å². The number of aliphatic imine (C=N–C) groups is 1. The van der Waals surface area contributed by atoms with Crippen LogP contribution < -0.4 is 4.90 Å². The van der Waals surface area contributed by atoms with Gasteiger partial charge in [0.1, 0.15) is 6.10 Å². The Kier molecular flexibility index (Phi) is 5.97. The largest absolute Gasteiger partial charge is 0.342 e. The Labute approximate surface area is 225 Å². The fourth-order valence-corrected chi connectivity index (χ4v) is 5.27. The van der Waals surface area contributed by atoms with Gasteiger partial charge in [0.25, 0.3) is 11.4 Å². The summed E-state index contributed by atoms with van der Waals surface area (Å²) >= 11 is 3.49. The van der Waals surface area contributed by atoms with E-state index in [1.165, 1.54) is 24.3 Å². The molecule has 2 aliphatic heterocycles. The number of nitrogens with zero attached hydrogens (tertiary/aromatic N) is 4. The summed E-state index contributed by atoms with van der Waals surface area (Å²) in [6, 6.07) is 28.0. The number of fused-ring (bicyclic) bond motifs is 3. The molecule has 3 atom stereocenters. The monoisotopic (exact) mass is 570 g/mol. The van der Waals surface area contributed by atoms with Crippen LogP contribution >= 0.6 is 15.9 Å².